The summed E-state index contributed by atoms with van der Waals surface area (Å²) in [5.74, 6) is 0. The van der Waals surface area contributed by atoms with Crippen LogP contribution < -0.4 is 0 Å². The fraction of sp³-hybridized carbons (Fsp3) is 0.273. The molecular weight excluding hydrogens is 436 g/mol. The van der Waals surface area contributed by atoms with Gasteiger partial charge in [0.25, 0.3) is 0 Å². The number of hydrogen-bond acceptors (Lipinski definition) is 2. The third-order valence-corrected chi connectivity index (χ3v) is 7.99. The Labute approximate surface area is 128 Å². The summed E-state index contributed by atoms with van der Waals surface area (Å²) in [6.07, 6.45) is 0. The Bertz CT molecular complexity index is 494. The van der Waals surface area contributed by atoms with Crippen molar-refractivity contribution in [2.75, 3.05) is 0 Å². The molecule has 2 heterocycles. The van der Waals surface area contributed by atoms with Crippen molar-refractivity contribution in [2.45, 2.75) is 18.7 Å². The Morgan fingerprint density at radius 1 is 1.12 bits per heavy atom. The molecule has 86 valence electrons. The SMILES string of the molecule is Cc1cc(Br)c(C(Br)c2cc(C)c(Br)s2)s1. The first-order valence-electron chi connectivity index (χ1n) is 4.64. The van der Waals surface area contributed by atoms with E-state index >= 15 is 0 Å². The molecular formula is C11H9Br3S2. The van der Waals surface area contributed by atoms with E-state index in [0.29, 0.717) is 0 Å². The lowest BCUT2D eigenvalue weighted by Gasteiger charge is -2.05. The molecule has 0 nitrogen and oxygen atoms in total. The largest absolute Gasteiger partial charge is 0.143 e. The van der Waals surface area contributed by atoms with Crippen molar-refractivity contribution in [3.63, 3.8) is 0 Å². The lowest BCUT2D eigenvalue weighted by atomic mass is 10.2. The van der Waals surface area contributed by atoms with E-state index in [2.05, 4.69) is 73.8 Å². The number of thiophene rings is 2. The first-order chi connectivity index (χ1) is 7.49. The molecule has 0 aromatic carbocycles. The molecule has 0 aliphatic heterocycles. The summed E-state index contributed by atoms with van der Waals surface area (Å²) in [5.41, 5.74) is 1.30. The van der Waals surface area contributed by atoms with Gasteiger partial charge in [-0.15, -0.1) is 22.7 Å². The van der Waals surface area contributed by atoms with Crippen LogP contribution in [0.1, 0.15) is 25.0 Å². The maximum absolute atomic E-state index is 3.78. The predicted molar refractivity (Wildman–Crippen MR) is 84.3 cm³/mol. The molecule has 0 saturated heterocycles. The maximum Gasteiger partial charge on any atom is 0.0842 e. The molecule has 0 bridgehead atoms. The van der Waals surface area contributed by atoms with E-state index in [1.165, 1.54) is 28.5 Å². The van der Waals surface area contributed by atoms with Crippen LogP contribution in [0.4, 0.5) is 0 Å². The molecule has 2 rings (SSSR count). The second-order valence-electron chi connectivity index (χ2n) is 3.54. The average molecular weight is 445 g/mol. The summed E-state index contributed by atoms with van der Waals surface area (Å²) in [5, 5.41) is 0. The van der Waals surface area contributed by atoms with Crippen molar-refractivity contribution in [2.24, 2.45) is 0 Å². The Kier molecular flexibility index (Phi) is 4.33. The monoisotopic (exact) mass is 442 g/mol. The van der Waals surface area contributed by atoms with Crippen LogP contribution in [0, 0.1) is 13.8 Å². The molecule has 2 aromatic rings. The molecule has 0 aliphatic carbocycles. The Morgan fingerprint density at radius 2 is 1.81 bits per heavy atom. The molecule has 0 aliphatic rings. The molecule has 1 atom stereocenters. The van der Waals surface area contributed by atoms with Crippen LogP contribution in [-0.2, 0) is 0 Å². The summed E-state index contributed by atoms with van der Waals surface area (Å²) >= 11 is 14.6. The Morgan fingerprint density at radius 3 is 2.25 bits per heavy atom. The zero-order chi connectivity index (χ0) is 11.9. The number of alkyl halides is 1. The van der Waals surface area contributed by atoms with Crippen LogP contribution in [-0.4, -0.2) is 0 Å². The second-order valence-corrected chi connectivity index (χ2v) is 9.00. The minimum atomic E-state index is 0.288. The van der Waals surface area contributed by atoms with Gasteiger partial charge in [-0.25, -0.2) is 0 Å². The van der Waals surface area contributed by atoms with E-state index in [-0.39, 0.29) is 4.83 Å². The van der Waals surface area contributed by atoms with Crippen molar-refractivity contribution < 1.29 is 0 Å². The summed E-state index contributed by atoms with van der Waals surface area (Å²) in [6.45, 7) is 4.26. The summed E-state index contributed by atoms with van der Waals surface area (Å²) < 4.78 is 2.41. The number of aryl methyl sites for hydroxylation is 2. The lowest BCUT2D eigenvalue weighted by molar-refractivity contribution is 1.26. The summed E-state index contributed by atoms with van der Waals surface area (Å²) in [4.78, 5) is 4.30. The van der Waals surface area contributed by atoms with E-state index in [1.807, 2.05) is 11.3 Å². The van der Waals surface area contributed by atoms with Gasteiger partial charge < -0.3 is 0 Å². The van der Waals surface area contributed by atoms with Gasteiger partial charge in [0, 0.05) is 19.1 Å². The van der Waals surface area contributed by atoms with Crippen molar-refractivity contribution in [1.82, 2.24) is 0 Å². The fourth-order valence-corrected chi connectivity index (χ4v) is 6.17. The number of halogens is 3. The molecule has 0 fully saturated rings. The standard InChI is InChI=1S/C11H9Br3S2/c1-5-3-8(16-11(5)14)9(13)10-7(12)4-6(2)15-10/h3-4,9H,1-2H3. The fourth-order valence-electron chi connectivity index (χ4n) is 1.41. The summed E-state index contributed by atoms with van der Waals surface area (Å²) in [7, 11) is 0. The lowest BCUT2D eigenvalue weighted by Crippen LogP contribution is -1.85. The minimum absolute atomic E-state index is 0.288. The zero-order valence-electron chi connectivity index (χ0n) is 8.68. The third-order valence-electron chi connectivity index (χ3n) is 2.19. The van der Waals surface area contributed by atoms with Crippen molar-refractivity contribution >= 4 is 70.5 Å². The van der Waals surface area contributed by atoms with Gasteiger partial charge in [-0.05, 0) is 63.4 Å². The topological polar surface area (TPSA) is 0 Å². The van der Waals surface area contributed by atoms with Crippen LogP contribution in [0.25, 0.3) is 0 Å². The first-order valence-corrected chi connectivity index (χ1v) is 8.78. The molecule has 5 heteroatoms. The van der Waals surface area contributed by atoms with Gasteiger partial charge in [-0.3, -0.25) is 0 Å². The Hall–Kier alpha value is 0.840. The molecule has 0 spiro atoms. The molecule has 0 radical (unpaired) electrons. The van der Waals surface area contributed by atoms with Crippen LogP contribution in [0.3, 0.4) is 0 Å². The van der Waals surface area contributed by atoms with Crippen LogP contribution >= 0.6 is 70.5 Å². The molecule has 0 saturated carbocycles. The van der Waals surface area contributed by atoms with Gasteiger partial charge in [0.2, 0.25) is 0 Å². The van der Waals surface area contributed by atoms with Gasteiger partial charge in [0.05, 0.1) is 8.61 Å². The van der Waals surface area contributed by atoms with E-state index in [4.69, 9.17) is 0 Å². The van der Waals surface area contributed by atoms with E-state index in [9.17, 15) is 0 Å². The quantitative estimate of drug-likeness (QED) is 0.468. The molecule has 0 amide bonds. The number of hydrogen-bond donors (Lipinski definition) is 0. The van der Waals surface area contributed by atoms with E-state index in [1.54, 1.807) is 11.3 Å². The highest BCUT2D eigenvalue weighted by Gasteiger charge is 2.18. The third kappa shape index (κ3) is 2.64. The van der Waals surface area contributed by atoms with Gasteiger partial charge in [0.1, 0.15) is 0 Å². The van der Waals surface area contributed by atoms with Crippen molar-refractivity contribution in [1.29, 1.82) is 0 Å². The second kappa shape index (κ2) is 5.22. The molecule has 16 heavy (non-hydrogen) atoms. The van der Waals surface area contributed by atoms with Gasteiger partial charge >= 0.3 is 0 Å². The normalized spacial score (nSPS) is 13.1. The van der Waals surface area contributed by atoms with E-state index < -0.39 is 0 Å². The maximum atomic E-state index is 3.78. The Balaban J connectivity index is 2.38. The van der Waals surface area contributed by atoms with Gasteiger partial charge in [-0.2, -0.15) is 0 Å². The predicted octanol–water partition coefficient (Wildman–Crippen LogP) is 6.44. The van der Waals surface area contributed by atoms with Crippen molar-refractivity contribution in [3.05, 3.63) is 40.6 Å². The zero-order valence-corrected chi connectivity index (χ0v) is 15.1. The van der Waals surface area contributed by atoms with Gasteiger partial charge in [0.15, 0.2) is 0 Å². The molecule has 0 N–H and O–H groups in total. The van der Waals surface area contributed by atoms with Gasteiger partial charge in [-0.1, -0.05) is 15.9 Å². The highest BCUT2D eigenvalue weighted by molar-refractivity contribution is 9.11. The van der Waals surface area contributed by atoms with Crippen LogP contribution in [0.5, 0.6) is 0 Å². The highest BCUT2D eigenvalue weighted by atomic mass is 79.9. The van der Waals surface area contributed by atoms with Crippen molar-refractivity contribution in [3.8, 4) is 0 Å². The van der Waals surface area contributed by atoms with Crippen LogP contribution in [0.15, 0.2) is 20.4 Å². The smallest absolute Gasteiger partial charge is 0.0842 e. The average Bonchev–Trinajstić information content (AvgIpc) is 2.70. The molecule has 1 unspecified atom stereocenters. The minimum Gasteiger partial charge on any atom is -0.143 e. The molecule has 2 aromatic heterocycles. The first kappa shape index (κ1) is 13.3. The highest BCUT2D eigenvalue weighted by Crippen LogP contribution is 2.44. The summed E-state index contributed by atoms with van der Waals surface area (Å²) in [6, 6.07) is 4.40. The van der Waals surface area contributed by atoms with E-state index in [0.717, 1.165) is 0 Å². The number of rotatable bonds is 2. The van der Waals surface area contributed by atoms with Crippen LogP contribution in [0.2, 0.25) is 0 Å².